The van der Waals surface area contributed by atoms with Crippen LogP contribution in [0.2, 0.25) is 0 Å². The minimum Gasteiger partial charge on any atom is -0.0850 e. The molecule has 0 radical (unpaired) electrons. The highest BCUT2D eigenvalue weighted by Crippen LogP contribution is 2.24. The van der Waals surface area contributed by atoms with Crippen LogP contribution in [0.5, 0.6) is 0 Å². The van der Waals surface area contributed by atoms with Gasteiger partial charge < -0.3 is 0 Å². The highest BCUT2D eigenvalue weighted by molar-refractivity contribution is 14.2. The Morgan fingerprint density at radius 2 is 1.52 bits per heavy atom. The predicted molar refractivity (Wildman–Crippen MR) is 139 cm³/mol. The van der Waals surface area contributed by atoms with E-state index < -0.39 is 0 Å². The van der Waals surface area contributed by atoms with Crippen LogP contribution >= 0.6 is 43.3 Å². The Balaban J connectivity index is 2.12. The van der Waals surface area contributed by atoms with E-state index in [1.165, 1.54) is 34.6 Å². The van der Waals surface area contributed by atoms with Crippen molar-refractivity contribution in [2.24, 2.45) is 0 Å². The third-order valence-electron chi connectivity index (χ3n) is 4.17. The molecule has 1 heterocycles. The molecule has 0 nitrogen and oxygen atoms in total. The molecule has 2 aromatic carbocycles. The second-order valence-electron chi connectivity index (χ2n) is 6.34. The van der Waals surface area contributed by atoms with Crippen LogP contribution < -0.4 is 0 Å². The first-order valence-electron chi connectivity index (χ1n) is 8.85. The topological polar surface area (TPSA) is 0 Å². The average molecular weight is 576 g/mol. The van der Waals surface area contributed by atoms with Gasteiger partial charge in [-0.25, -0.2) is 0 Å². The summed E-state index contributed by atoms with van der Waals surface area (Å²) >= 11 is 2.13. The lowest BCUT2D eigenvalue weighted by Gasteiger charge is -2.07. The fraction of sp³-hybridized carbons (Fsp3) is 0.0800. The maximum Gasteiger partial charge on any atom is 0.0156 e. The lowest BCUT2D eigenvalue weighted by molar-refractivity contribution is 1.52. The van der Waals surface area contributed by atoms with Crippen molar-refractivity contribution in [3.63, 3.8) is 0 Å². The molecular weight excluding hydrogens is 554 g/mol. The van der Waals surface area contributed by atoms with Crippen molar-refractivity contribution >= 4 is 57.6 Å². The number of hydrogen-bond acceptors (Lipinski definition) is 0. The molecule has 0 saturated heterocycles. The van der Waals surface area contributed by atoms with Crippen molar-refractivity contribution in [1.82, 2.24) is 0 Å². The molecule has 2 heteroatoms. The number of fused-ring (bicyclic) bond motifs is 1. The Morgan fingerprint density at radius 3 is 2.41 bits per heavy atom. The van der Waals surface area contributed by atoms with E-state index in [-0.39, 0.29) is 20.7 Å². The SMILES string of the molecule is CC1=C/C=C(I)/C=C/C=C(C)\C=C/C(c2cccc3ccccc23)=I/C=C\1. The molecule has 27 heavy (non-hydrogen) atoms. The number of benzene rings is 2. The molecule has 0 atom stereocenters. The minimum absolute atomic E-state index is 0.234. The van der Waals surface area contributed by atoms with Crippen molar-refractivity contribution in [1.29, 1.82) is 0 Å². The molecule has 0 bridgehead atoms. The normalized spacial score (nSPS) is 27.5. The van der Waals surface area contributed by atoms with Gasteiger partial charge in [0.2, 0.25) is 0 Å². The van der Waals surface area contributed by atoms with Gasteiger partial charge in [-0.15, -0.1) is 0 Å². The van der Waals surface area contributed by atoms with Crippen molar-refractivity contribution in [2.45, 2.75) is 13.8 Å². The lowest BCUT2D eigenvalue weighted by Crippen LogP contribution is -1.94. The molecule has 3 rings (SSSR count). The maximum absolute atomic E-state index is 2.37. The molecule has 0 aliphatic carbocycles. The summed E-state index contributed by atoms with van der Waals surface area (Å²) in [5.74, 6) is 0. The van der Waals surface area contributed by atoms with E-state index in [4.69, 9.17) is 0 Å². The number of rotatable bonds is 1. The van der Waals surface area contributed by atoms with Gasteiger partial charge in [0.1, 0.15) is 0 Å². The van der Waals surface area contributed by atoms with Crippen LogP contribution in [0.15, 0.2) is 110 Å². The summed E-state index contributed by atoms with van der Waals surface area (Å²) in [6.45, 7) is 4.32. The smallest absolute Gasteiger partial charge is 0.0156 e. The van der Waals surface area contributed by atoms with Crippen LogP contribution in [0.3, 0.4) is 0 Å². The summed E-state index contributed by atoms with van der Waals surface area (Å²) in [7, 11) is 0. The molecular formula is C25H22I2. The fourth-order valence-corrected chi connectivity index (χ4v) is 5.41. The van der Waals surface area contributed by atoms with Crippen molar-refractivity contribution < 1.29 is 0 Å². The zero-order valence-corrected chi connectivity index (χ0v) is 19.8. The second-order valence-corrected chi connectivity index (χ2v) is 10.1. The van der Waals surface area contributed by atoms with Gasteiger partial charge in [-0.2, -0.15) is 0 Å². The predicted octanol–water partition coefficient (Wildman–Crippen LogP) is 8.18. The molecule has 2 aromatic rings. The Labute approximate surface area is 185 Å². The highest BCUT2D eigenvalue weighted by atomic mass is 127. The standard InChI is InChI=1S/C25H22I2/c1-19-7-5-10-22(26)15-13-20(2)17-18-27-25(16-14-19)24-12-6-9-21-8-3-4-11-23(21)24/h3-18H,1-2H3/b7-5?,10-5+,15-13?,16-14-,18-17-,19-7-,19-14?,20-13-,20-17?,22-10?,22-15-,25-16?. The van der Waals surface area contributed by atoms with Gasteiger partial charge in [0.05, 0.1) is 0 Å². The summed E-state index contributed by atoms with van der Waals surface area (Å²) < 4.78 is 5.03. The molecule has 0 amide bonds. The van der Waals surface area contributed by atoms with Gasteiger partial charge >= 0.3 is 0 Å². The first-order chi connectivity index (χ1) is 13.1. The minimum atomic E-state index is -0.234. The molecule has 0 unspecified atom stereocenters. The van der Waals surface area contributed by atoms with Crippen LogP contribution in [-0.2, 0) is 0 Å². The first-order valence-corrected chi connectivity index (χ1v) is 12.3. The Hall–Kier alpha value is -1.53. The molecule has 0 fully saturated rings. The summed E-state index contributed by atoms with van der Waals surface area (Å²) in [6.07, 6.45) is 17.6. The van der Waals surface area contributed by atoms with Crippen LogP contribution in [0.25, 0.3) is 10.8 Å². The molecule has 0 aromatic heterocycles. The lowest BCUT2D eigenvalue weighted by atomic mass is 10.0. The summed E-state index contributed by atoms with van der Waals surface area (Å²) in [5.41, 5.74) is 3.89. The second kappa shape index (κ2) is 10.1. The molecule has 0 spiro atoms. The van der Waals surface area contributed by atoms with E-state index in [1.54, 1.807) is 0 Å². The van der Waals surface area contributed by atoms with Crippen LogP contribution in [0.4, 0.5) is 0 Å². The Kier molecular flexibility index (Phi) is 7.59. The third kappa shape index (κ3) is 5.98. The summed E-state index contributed by atoms with van der Waals surface area (Å²) in [4.78, 5) is 0. The van der Waals surface area contributed by atoms with E-state index in [9.17, 15) is 0 Å². The van der Waals surface area contributed by atoms with Crippen molar-refractivity contribution in [2.75, 3.05) is 0 Å². The average Bonchev–Trinajstić information content (AvgIpc) is 2.68. The Bertz CT molecular complexity index is 1040. The van der Waals surface area contributed by atoms with Gasteiger partial charge in [0.15, 0.2) is 0 Å². The van der Waals surface area contributed by atoms with Gasteiger partial charge in [0, 0.05) is 7.09 Å². The van der Waals surface area contributed by atoms with Gasteiger partial charge in [-0.1, -0.05) is 105 Å². The highest BCUT2D eigenvalue weighted by Gasteiger charge is 2.04. The maximum atomic E-state index is 2.37. The van der Waals surface area contributed by atoms with Gasteiger partial charge in [-0.05, 0) is 75.1 Å². The molecule has 136 valence electrons. The van der Waals surface area contributed by atoms with Crippen LogP contribution in [0.1, 0.15) is 19.4 Å². The van der Waals surface area contributed by atoms with E-state index >= 15 is 0 Å². The Morgan fingerprint density at radius 1 is 0.741 bits per heavy atom. The van der Waals surface area contributed by atoms with E-state index in [2.05, 4.69) is 132 Å². The fourth-order valence-electron chi connectivity index (χ4n) is 2.69. The van der Waals surface area contributed by atoms with Crippen molar-refractivity contribution in [3.8, 4) is 0 Å². The zero-order chi connectivity index (χ0) is 19.1. The van der Waals surface area contributed by atoms with E-state index in [0.29, 0.717) is 0 Å². The van der Waals surface area contributed by atoms with Crippen LogP contribution in [0, 0.1) is 0 Å². The summed E-state index contributed by atoms with van der Waals surface area (Å²) in [5, 5.41) is 2.63. The molecule has 0 N–H and O–H groups in total. The third-order valence-corrected chi connectivity index (χ3v) is 7.22. The van der Waals surface area contributed by atoms with Crippen molar-refractivity contribution in [3.05, 3.63) is 115 Å². The molecule has 1 aliphatic rings. The number of halogens is 2. The van der Waals surface area contributed by atoms with Gasteiger partial charge in [-0.3, -0.25) is 0 Å². The molecule has 0 saturated carbocycles. The first kappa shape index (κ1) is 20.2. The number of allylic oxidation sites excluding steroid dienone is 11. The van der Waals surface area contributed by atoms with E-state index in [1.807, 2.05) is 0 Å². The largest absolute Gasteiger partial charge is 0.0850 e. The quantitative estimate of drug-likeness (QED) is 0.301. The monoisotopic (exact) mass is 576 g/mol. The molecule has 1 aliphatic heterocycles. The zero-order valence-electron chi connectivity index (χ0n) is 15.5. The summed E-state index contributed by atoms with van der Waals surface area (Å²) in [6, 6.07) is 15.3. The van der Waals surface area contributed by atoms with E-state index in [0.717, 1.165) is 0 Å². The van der Waals surface area contributed by atoms with Crippen LogP contribution in [-0.4, -0.2) is 3.51 Å². The number of hydrogen-bond donors (Lipinski definition) is 0. The van der Waals surface area contributed by atoms with Gasteiger partial charge in [0.25, 0.3) is 0 Å².